The summed E-state index contributed by atoms with van der Waals surface area (Å²) in [5.41, 5.74) is 2.66. The third-order valence-corrected chi connectivity index (χ3v) is 7.09. The Hall–Kier alpha value is -2.85. The van der Waals surface area contributed by atoms with Gasteiger partial charge >= 0.3 is 0 Å². The molecule has 0 saturated heterocycles. The molecule has 0 fully saturated rings. The molecule has 3 aromatic rings. The SMILES string of the molecule is Cc1sc(NC(=O)c2ccc3c(c2)CCCN3S(C)(=O)=O)nc1-c1ccc(F)c(F)c1. The second-order valence-electron chi connectivity index (χ2n) is 7.29. The fourth-order valence-electron chi connectivity index (χ4n) is 3.58. The molecule has 0 atom stereocenters. The number of aryl methyl sites for hydroxylation is 2. The second kappa shape index (κ2) is 8.01. The number of aromatic nitrogens is 1. The molecule has 0 bridgehead atoms. The van der Waals surface area contributed by atoms with Crippen molar-refractivity contribution in [1.82, 2.24) is 4.98 Å². The standard InChI is InChI=1S/C21H19F2N3O3S2/c1-12-19(14-5-7-16(22)17(23)11-14)24-21(30-12)25-20(27)15-6-8-18-13(10-15)4-3-9-26(18)31(2,28)29/h5-8,10-11H,3-4,9H2,1-2H3,(H,24,25,27). The summed E-state index contributed by atoms with van der Waals surface area (Å²) in [7, 11) is -3.38. The number of anilines is 2. The fraction of sp³-hybridized carbons (Fsp3) is 0.238. The lowest BCUT2D eigenvalue weighted by atomic mass is 10.0. The maximum absolute atomic E-state index is 13.6. The molecule has 31 heavy (non-hydrogen) atoms. The van der Waals surface area contributed by atoms with Crippen LogP contribution in [0.25, 0.3) is 11.3 Å². The third-order valence-electron chi connectivity index (χ3n) is 5.03. The van der Waals surface area contributed by atoms with Crippen molar-refractivity contribution in [2.75, 3.05) is 22.4 Å². The largest absolute Gasteiger partial charge is 0.298 e. The Labute approximate surface area is 182 Å². The normalized spacial score (nSPS) is 13.7. The van der Waals surface area contributed by atoms with Crippen LogP contribution in [0.1, 0.15) is 27.2 Å². The average Bonchev–Trinajstić information content (AvgIpc) is 3.08. The number of nitrogens with one attached hydrogen (secondary N) is 1. The van der Waals surface area contributed by atoms with Crippen LogP contribution >= 0.6 is 11.3 Å². The highest BCUT2D eigenvalue weighted by molar-refractivity contribution is 7.92. The number of hydrogen-bond donors (Lipinski definition) is 1. The van der Waals surface area contributed by atoms with Crippen molar-refractivity contribution in [2.24, 2.45) is 0 Å². The Morgan fingerprint density at radius 1 is 1.16 bits per heavy atom. The molecule has 6 nitrogen and oxygen atoms in total. The number of benzene rings is 2. The van der Waals surface area contributed by atoms with E-state index in [-0.39, 0.29) is 5.91 Å². The van der Waals surface area contributed by atoms with Crippen molar-refractivity contribution in [2.45, 2.75) is 19.8 Å². The van der Waals surface area contributed by atoms with Gasteiger partial charge in [0.1, 0.15) is 0 Å². The number of nitrogens with zero attached hydrogens (tertiary/aromatic N) is 2. The number of amides is 1. The van der Waals surface area contributed by atoms with Crippen LogP contribution in [0, 0.1) is 18.6 Å². The van der Waals surface area contributed by atoms with E-state index in [1.807, 2.05) is 0 Å². The van der Waals surface area contributed by atoms with Gasteiger partial charge < -0.3 is 0 Å². The number of fused-ring (bicyclic) bond motifs is 1. The minimum atomic E-state index is -3.38. The predicted octanol–water partition coefficient (Wildman–Crippen LogP) is 4.36. The first-order valence-corrected chi connectivity index (χ1v) is 12.1. The molecule has 162 valence electrons. The van der Waals surface area contributed by atoms with Crippen molar-refractivity contribution < 1.29 is 22.0 Å². The summed E-state index contributed by atoms with van der Waals surface area (Å²) >= 11 is 1.23. The van der Waals surface area contributed by atoms with Gasteiger partial charge in [-0.2, -0.15) is 0 Å². The molecule has 0 unspecified atom stereocenters. The van der Waals surface area contributed by atoms with Crippen molar-refractivity contribution >= 4 is 38.1 Å². The van der Waals surface area contributed by atoms with E-state index < -0.39 is 21.7 Å². The summed E-state index contributed by atoms with van der Waals surface area (Å²) in [6.45, 7) is 2.20. The van der Waals surface area contributed by atoms with E-state index in [0.29, 0.717) is 47.0 Å². The second-order valence-corrected chi connectivity index (χ2v) is 10.4. The van der Waals surface area contributed by atoms with Crippen molar-refractivity contribution in [1.29, 1.82) is 0 Å². The van der Waals surface area contributed by atoms with Crippen LogP contribution < -0.4 is 9.62 Å². The van der Waals surface area contributed by atoms with E-state index in [1.54, 1.807) is 25.1 Å². The Bertz CT molecular complexity index is 1290. The van der Waals surface area contributed by atoms with Gasteiger partial charge in [-0.05, 0) is 61.7 Å². The van der Waals surface area contributed by atoms with Gasteiger partial charge in [0.15, 0.2) is 16.8 Å². The first-order chi connectivity index (χ1) is 14.6. The van der Waals surface area contributed by atoms with Gasteiger partial charge in [-0.15, -0.1) is 11.3 Å². The van der Waals surface area contributed by atoms with Crippen molar-refractivity contribution in [3.8, 4) is 11.3 Å². The predicted molar refractivity (Wildman–Crippen MR) is 117 cm³/mol. The molecule has 1 aliphatic rings. The highest BCUT2D eigenvalue weighted by Gasteiger charge is 2.25. The summed E-state index contributed by atoms with van der Waals surface area (Å²) in [5, 5.41) is 3.06. The van der Waals surface area contributed by atoms with Crippen LogP contribution in [0.4, 0.5) is 19.6 Å². The first-order valence-electron chi connectivity index (χ1n) is 9.48. The van der Waals surface area contributed by atoms with Crippen molar-refractivity contribution in [3.63, 3.8) is 0 Å². The number of thiazole rings is 1. The number of rotatable bonds is 4. The molecule has 0 radical (unpaired) electrons. The Kier molecular flexibility index (Phi) is 5.52. The summed E-state index contributed by atoms with van der Waals surface area (Å²) in [4.78, 5) is 17.9. The summed E-state index contributed by atoms with van der Waals surface area (Å²) in [6.07, 6.45) is 2.52. The van der Waals surface area contributed by atoms with E-state index >= 15 is 0 Å². The number of carbonyl (C=O) groups is 1. The van der Waals surface area contributed by atoms with Gasteiger partial charge in [0.2, 0.25) is 10.0 Å². The lowest BCUT2D eigenvalue weighted by Gasteiger charge is -2.29. The first kappa shape index (κ1) is 21.4. The van der Waals surface area contributed by atoms with Gasteiger partial charge in [-0.3, -0.25) is 14.4 Å². The Balaban J connectivity index is 1.57. The summed E-state index contributed by atoms with van der Waals surface area (Å²) in [5.74, 6) is -2.29. The van der Waals surface area contributed by atoms with Gasteiger partial charge in [0, 0.05) is 22.5 Å². The molecular formula is C21H19F2N3O3S2. The molecule has 1 aromatic heterocycles. The van der Waals surface area contributed by atoms with E-state index in [0.717, 1.165) is 28.8 Å². The number of sulfonamides is 1. The molecule has 10 heteroatoms. The van der Waals surface area contributed by atoms with Gasteiger partial charge in [-0.25, -0.2) is 22.2 Å². The molecule has 2 heterocycles. The van der Waals surface area contributed by atoms with Crippen LogP contribution in [0.3, 0.4) is 0 Å². The monoisotopic (exact) mass is 463 g/mol. The summed E-state index contributed by atoms with van der Waals surface area (Å²) < 4.78 is 52.1. The maximum Gasteiger partial charge on any atom is 0.257 e. The number of carbonyl (C=O) groups excluding carboxylic acids is 1. The van der Waals surface area contributed by atoms with Crippen LogP contribution in [0.5, 0.6) is 0 Å². The molecule has 1 aliphatic heterocycles. The average molecular weight is 464 g/mol. The molecule has 0 spiro atoms. The molecule has 1 amide bonds. The van der Waals surface area contributed by atoms with Gasteiger partial charge in [-0.1, -0.05) is 0 Å². The smallest absolute Gasteiger partial charge is 0.257 e. The quantitative estimate of drug-likeness (QED) is 0.624. The molecular weight excluding hydrogens is 444 g/mol. The van der Waals surface area contributed by atoms with E-state index in [9.17, 15) is 22.0 Å². The van der Waals surface area contributed by atoms with E-state index in [4.69, 9.17) is 0 Å². The van der Waals surface area contributed by atoms with Gasteiger partial charge in [0.05, 0.1) is 17.6 Å². The Morgan fingerprint density at radius 2 is 1.94 bits per heavy atom. The lowest BCUT2D eigenvalue weighted by Crippen LogP contribution is -2.34. The summed E-state index contributed by atoms with van der Waals surface area (Å²) in [6, 6.07) is 8.45. The van der Waals surface area contributed by atoms with E-state index in [2.05, 4.69) is 10.3 Å². The molecule has 4 rings (SSSR count). The number of hydrogen-bond acceptors (Lipinski definition) is 5. The minimum Gasteiger partial charge on any atom is -0.298 e. The highest BCUT2D eigenvalue weighted by atomic mass is 32.2. The van der Waals surface area contributed by atoms with E-state index in [1.165, 1.54) is 21.7 Å². The molecule has 0 aliphatic carbocycles. The Morgan fingerprint density at radius 3 is 2.65 bits per heavy atom. The van der Waals surface area contributed by atoms with Crippen LogP contribution in [0.15, 0.2) is 36.4 Å². The zero-order valence-corrected chi connectivity index (χ0v) is 18.4. The zero-order valence-electron chi connectivity index (χ0n) is 16.8. The third kappa shape index (κ3) is 4.31. The topological polar surface area (TPSA) is 79.4 Å². The van der Waals surface area contributed by atoms with Crippen LogP contribution in [0.2, 0.25) is 0 Å². The molecule has 0 saturated carbocycles. The van der Waals surface area contributed by atoms with Crippen molar-refractivity contribution in [3.05, 3.63) is 64.0 Å². The minimum absolute atomic E-state index is 0.331. The maximum atomic E-state index is 13.6. The fourth-order valence-corrected chi connectivity index (χ4v) is 5.41. The lowest BCUT2D eigenvalue weighted by molar-refractivity contribution is 0.102. The van der Waals surface area contributed by atoms with Gasteiger partial charge in [0.25, 0.3) is 5.91 Å². The highest BCUT2D eigenvalue weighted by Crippen LogP contribution is 2.33. The van der Waals surface area contributed by atoms with Crippen LogP contribution in [-0.4, -0.2) is 32.1 Å². The zero-order chi connectivity index (χ0) is 22.3. The molecule has 2 aromatic carbocycles. The van der Waals surface area contributed by atoms with Crippen LogP contribution in [-0.2, 0) is 16.4 Å². The number of halogens is 2. The molecule has 1 N–H and O–H groups in total.